The number of nitrogens with zero attached hydrogens (tertiary/aromatic N) is 5. The molecular weight excluding hydrogens is 420 g/mol. The van der Waals surface area contributed by atoms with Crippen molar-refractivity contribution in [1.82, 2.24) is 14.7 Å². The Bertz CT molecular complexity index is 1260. The minimum Gasteiger partial charge on any atom is -0.369 e. The lowest BCUT2D eigenvalue weighted by Crippen LogP contribution is -2.53. The van der Waals surface area contributed by atoms with E-state index in [0.29, 0.717) is 12.0 Å². The van der Waals surface area contributed by atoms with Crippen LogP contribution in [0.4, 0.5) is 0 Å². The van der Waals surface area contributed by atoms with E-state index in [2.05, 4.69) is 11.2 Å². The Labute approximate surface area is 191 Å². The van der Waals surface area contributed by atoms with Crippen LogP contribution in [0.2, 0.25) is 0 Å². The third-order valence-corrected chi connectivity index (χ3v) is 7.15. The van der Waals surface area contributed by atoms with E-state index in [9.17, 15) is 10.1 Å². The molecule has 0 fully saturated rings. The second-order valence-corrected chi connectivity index (χ2v) is 9.09. The van der Waals surface area contributed by atoms with Crippen molar-refractivity contribution in [1.29, 1.82) is 5.26 Å². The predicted molar refractivity (Wildman–Crippen MR) is 127 cm³/mol. The van der Waals surface area contributed by atoms with Gasteiger partial charge in [-0.15, -0.1) is 11.3 Å². The van der Waals surface area contributed by atoms with Gasteiger partial charge in [-0.1, -0.05) is 24.3 Å². The first-order valence-corrected chi connectivity index (χ1v) is 11.0. The Morgan fingerprint density at radius 2 is 2.12 bits per heavy atom. The van der Waals surface area contributed by atoms with E-state index in [1.165, 1.54) is 4.90 Å². The Kier molecular flexibility index (Phi) is 5.68. The fourth-order valence-electron chi connectivity index (χ4n) is 3.91. The lowest BCUT2D eigenvalue weighted by molar-refractivity contribution is -0.133. The van der Waals surface area contributed by atoms with Gasteiger partial charge in [0.2, 0.25) is 5.91 Å². The van der Waals surface area contributed by atoms with Crippen LogP contribution in [0.3, 0.4) is 0 Å². The second-order valence-electron chi connectivity index (χ2n) is 8.01. The minimum absolute atomic E-state index is 0.0581. The lowest BCUT2D eigenvalue weighted by Gasteiger charge is -2.39. The highest BCUT2D eigenvalue weighted by Crippen LogP contribution is 2.44. The Hall–Kier alpha value is -3.70. The van der Waals surface area contributed by atoms with Gasteiger partial charge in [0, 0.05) is 35.6 Å². The lowest BCUT2D eigenvalue weighted by atomic mass is 9.80. The highest BCUT2D eigenvalue weighted by Gasteiger charge is 2.46. The van der Waals surface area contributed by atoms with Crippen molar-refractivity contribution in [3.05, 3.63) is 70.9 Å². The van der Waals surface area contributed by atoms with Gasteiger partial charge in [0.05, 0.1) is 23.7 Å². The molecule has 162 valence electrons. The molecule has 1 aromatic carbocycles. The van der Waals surface area contributed by atoms with Gasteiger partial charge in [0.25, 0.3) is 0 Å². The fraction of sp³-hybridized carbons (Fsp3) is 0.250. The number of aryl methyl sites for hydroxylation is 1. The van der Waals surface area contributed by atoms with E-state index in [0.717, 1.165) is 20.9 Å². The average molecular weight is 445 g/mol. The standard InChI is InChI=1S/C24H24N6OS/c1-24(21-11-10-20(32-21)18-8-4-6-16(12-18)13-25)19(22(31)30(3)23(26)28-24)9-5-7-17-14-27-29(2)15-17/h4-8,10-12,14-15,19H,9H2,1-3H3,(H2,26,28)/b7-5+/t19?,24-/m0/s1. The first kappa shape index (κ1) is 21.5. The number of guanidine groups is 1. The molecule has 8 heteroatoms. The number of benzene rings is 1. The van der Waals surface area contributed by atoms with Gasteiger partial charge in [-0.2, -0.15) is 10.4 Å². The largest absolute Gasteiger partial charge is 0.369 e. The van der Waals surface area contributed by atoms with Gasteiger partial charge in [-0.3, -0.25) is 14.4 Å². The summed E-state index contributed by atoms with van der Waals surface area (Å²) in [7, 11) is 3.53. The number of thiophene rings is 1. The molecule has 2 N–H and O–H groups in total. The number of hydrogen-bond donors (Lipinski definition) is 1. The van der Waals surface area contributed by atoms with Crippen LogP contribution in [-0.2, 0) is 17.4 Å². The molecule has 3 aromatic rings. The third-order valence-electron chi connectivity index (χ3n) is 5.79. The maximum Gasteiger partial charge on any atom is 0.235 e. The number of carbonyl (C=O) groups excluding carboxylic acids is 1. The van der Waals surface area contributed by atoms with E-state index in [1.54, 1.807) is 35.3 Å². The van der Waals surface area contributed by atoms with E-state index < -0.39 is 11.5 Å². The van der Waals surface area contributed by atoms with Crippen LogP contribution in [0, 0.1) is 17.2 Å². The monoisotopic (exact) mass is 444 g/mol. The molecule has 2 atom stereocenters. The van der Waals surface area contributed by atoms with Crippen molar-refractivity contribution >= 4 is 29.3 Å². The highest BCUT2D eigenvalue weighted by molar-refractivity contribution is 7.15. The Morgan fingerprint density at radius 1 is 1.31 bits per heavy atom. The number of aromatic nitrogens is 2. The molecule has 1 aliphatic heterocycles. The molecule has 0 spiro atoms. The second kappa shape index (κ2) is 8.44. The van der Waals surface area contributed by atoms with Crippen molar-refractivity contribution in [2.45, 2.75) is 18.9 Å². The summed E-state index contributed by atoms with van der Waals surface area (Å²) >= 11 is 1.57. The maximum atomic E-state index is 13.2. The topological polar surface area (TPSA) is 100 Å². The summed E-state index contributed by atoms with van der Waals surface area (Å²) in [5.74, 6) is -0.242. The van der Waals surface area contributed by atoms with Crippen molar-refractivity contribution < 1.29 is 4.79 Å². The molecule has 4 rings (SSSR count). The van der Waals surface area contributed by atoms with Gasteiger partial charge < -0.3 is 5.73 Å². The molecule has 32 heavy (non-hydrogen) atoms. The molecule has 0 saturated carbocycles. The average Bonchev–Trinajstić information content (AvgIpc) is 3.44. The number of carbonyl (C=O) groups is 1. The van der Waals surface area contributed by atoms with Crippen LogP contribution < -0.4 is 5.73 Å². The zero-order valence-corrected chi connectivity index (χ0v) is 19.0. The minimum atomic E-state index is -0.789. The molecule has 1 unspecified atom stereocenters. The summed E-state index contributed by atoms with van der Waals surface area (Å²) < 4.78 is 1.74. The molecule has 2 aromatic heterocycles. The SMILES string of the molecule is CN1C(=O)C(C/C=C/c2cnn(C)c2)[C@@](C)(c2ccc(-c3cccc(C#N)c3)s2)N=C1N. The van der Waals surface area contributed by atoms with Crippen molar-refractivity contribution in [2.24, 2.45) is 23.7 Å². The first-order chi connectivity index (χ1) is 15.3. The summed E-state index contributed by atoms with van der Waals surface area (Å²) in [5, 5.41) is 13.4. The number of amides is 1. The quantitative estimate of drug-likeness (QED) is 0.648. The van der Waals surface area contributed by atoms with Crippen molar-refractivity contribution in [2.75, 3.05) is 7.05 Å². The van der Waals surface area contributed by atoms with Gasteiger partial charge in [0.1, 0.15) is 5.54 Å². The molecule has 0 aliphatic carbocycles. The molecular formula is C24H24N6OS. The molecule has 3 heterocycles. The van der Waals surface area contributed by atoms with Crippen LogP contribution >= 0.6 is 11.3 Å². The summed E-state index contributed by atoms with van der Waals surface area (Å²) in [6, 6.07) is 13.7. The molecule has 0 radical (unpaired) electrons. The Morgan fingerprint density at radius 3 is 2.84 bits per heavy atom. The highest BCUT2D eigenvalue weighted by atomic mass is 32.1. The zero-order valence-electron chi connectivity index (χ0n) is 18.2. The number of hydrogen-bond acceptors (Lipinski definition) is 6. The summed E-state index contributed by atoms with van der Waals surface area (Å²) in [5.41, 5.74) is 7.88. The van der Waals surface area contributed by atoms with E-state index >= 15 is 0 Å². The van der Waals surface area contributed by atoms with Gasteiger partial charge in [0.15, 0.2) is 5.96 Å². The van der Waals surface area contributed by atoms with Crippen LogP contribution in [0.15, 0.2) is 59.9 Å². The first-order valence-electron chi connectivity index (χ1n) is 10.2. The Balaban J connectivity index is 1.68. The molecule has 7 nitrogen and oxygen atoms in total. The molecule has 0 bridgehead atoms. The predicted octanol–water partition coefficient (Wildman–Crippen LogP) is 3.74. The van der Waals surface area contributed by atoms with Gasteiger partial charge in [-0.25, -0.2) is 4.99 Å². The molecule has 1 aliphatic rings. The van der Waals surface area contributed by atoms with Crippen LogP contribution in [0.25, 0.3) is 16.5 Å². The van der Waals surface area contributed by atoms with E-state index in [-0.39, 0.29) is 11.9 Å². The summed E-state index contributed by atoms with van der Waals surface area (Å²) in [6.07, 6.45) is 8.18. The fourth-order valence-corrected chi connectivity index (χ4v) is 5.06. The molecule has 0 saturated heterocycles. The number of rotatable bonds is 5. The van der Waals surface area contributed by atoms with Gasteiger partial charge in [-0.05, 0) is 43.2 Å². The number of nitrogens with two attached hydrogens (primary N) is 1. The number of allylic oxidation sites excluding steroid dienone is 1. The summed E-state index contributed by atoms with van der Waals surface area (Å²) in [6.45, 7) is 1.97. The third kappa shape index (κ3) is 3.95. The smallest absolute Gasteiger partial charge is 0.235 e. The van der Waals surface area contributed by atoms with Crippen molar-refractivity contribution in [3.8, 4) is 16.5 Å². The summed E-state index contributed by atoms with van der Waals surface area (Å²) in [4.78, 5) is 21.4. The van der Waals surface area contributed by atoms with Crippen LogP contribution in [0.1, 0.15) is 29.3 Å². The zero-order chi connectivity index (χ0) is 22.9. The van der Waals surface area contributed by atoms with Crippen LogP contribution in [-0.4, -0.2) is 33.6 Å². The van der Waals surface area contributed by atoms with Crippen LogP contribution in [0.5, 0.6) is 0 Å². The number of aliphatic imine (C=N–C) groups is 1. The maximum absolute atomic E-state index is 13.2. The van der Waals surface area contributed by atoms with Crippen molar-refractivity contribution in [3.63, 3.8) is 0 Å². The van der Waals surface area contributed by atoms with E-state index in [1.807, 2.05) is 62.7 Å². The van der Waals surface area contributed by atoms with Gasteiger partial charge >= 0.3 is 0 Å². The normalized spacial score (nSPS) is 21.1. The number of nitriles is 1. The van der Waals surface area contributed by atoms with E-state index in [4.69, 9.17) is 10.7 Å². The molecule has 1 amide bonds.